The second-order valence-corrected chi connectivity index (χ2v) is 5.28. The van der Waals surface area contributed by atoms with Crippen molar-refractivity contribution in [2.75, 3.05) is 11.4 Å². The molecule has 1 atom stereocenters. The van der Waals surface area contributed by atoms with Gasteiger partial charge in [0.1, 0.15) is 0 Å². The molecule has 1 aliphatic heterocycles. The van der Waals surface area contributed by atoms with Gasteiger partial charge in [0.05, 0.1) is 17.8 Å². The Kier molecular flexibility index (Phi) is 3.14. The Balaban J connectivity index is 2.51. The van der Waals surface area contributed by atoms with Crippen molar-refractivity contribution in [3.8, 4) is 0 Å². The first-order valence-electron chi connectivity index (χ1n) is 6.08. The Morgan fingerprint density at radius 2 is 1.90 bits per heavy atom. The molecule has 0 radical (unpaired) electrons. The van der Waals surface area contributed by atoms with Gasteiger partial charge in [-0.2, -0.15) is 0 Å². The summed E-state index contributed by atoms with van der Waals surface area (Å²) in [6.07, 6.45) is 0. The lowest BCUT2D eigenvalue weighted by Crippen LogP contribution is -2.48. The van der Waals surface area contributed by atoms with Crippen LogP contribution in [0.4, 0.5) is 5.69 Å². The van der Waals surface area contributed by atoms with Crippen LogP contribution in [0, 0.1) is 13.8 Å². The van der Waals surface area contributed by atoms with Crippen LogP contribution in [0.2, 0.25) is 0 Å². The standard InChI is InChI=1S/C14H15NO5/c1-7-4-8(2)10-9(5-7)11(16)12(17)15(10)6-14(3,20)13(18)19/h4-5,20H,6H2,1-3H3,(H,18,19). The van der Waals surface area contributed by atoms with Gasteiger partial charge in [-0.25, -0.2) is 4.79 Å². The van der Waals surface area contributed by atoms with Crippen molar-refractivity contribution in [1.82, 2.24) is 0 Å². The predicted octanol–water partition coefficient (Wildman–Crippen LogP) is 0.668. The van der Waals surface area contributed by atoms with Crippen LogP contribution < -0.4 is 4.90 Å². The van der Waals surface area contributed by atoms with Gasteiger partial charge in [-0.15, -0.1) is 0 Å². The highest BCUT2D eigenvalue weighted by atomic mass is 16.4. The smallest absolute Gasteiger partial charge is 0.337 e. The topological polar surface area (TPSA) is 94.9 Å². The fourth-order valence-electron chi connectivity index (χ4n) is 2.36. The van der Waals surface area contributed by atoms with Crippen LogP contribution in [0.3, 0.4) is 0 Å². The molecule has 0 fully saturated rings. The highest BCUT2D eigenvalue weighted by molar-refractivity contribution is 6.52. The molecule has 1 aliphatic rings. The molecule has 0 aliphatic carbocycles. The third-order valence-electron chi connectivity index (χ3n) is 3.33. The highest BCUT2D eigenvalue weighted by Gasteiger charge is 2.42. The maximum Gasteiger partial charge on any atom is 0.337 e. The van der Waals surface area contributed by atoms with Crippen molar-refractivity contribution in [1.29, 1.82) is 0 Å². The zero-order chi connectivity index (χ0) is 15.2. The maximum absolute atomic E-state index is 12.0. The molecule has 20 heavy (non-hydrogen) atoms. The second kappa shape index (κ2) is 4.42. The van der Waals surface area contributed by atoms with E-state index < -0.39 is 29.8 Å². The molecule has 0 saturated carbocycles. The minimum absolute atomic E-state index is 0.258. The van der Waals surface area contributed by atoms with E-state index in [4.69, 9.17) is 5.11 Å². The quantitative estimate of drug-likeness (QED) is 0.792. The van der Waals surface area contributed by atoms with Crippen molar-refractivity contribution < 1.29 is 24.6 Å². The average molecular weight is 277 g/mol. The first kappa shape index (κ1) is 14.2. The Hall–Kier alpha value is -2.21. The van der Waals surface area contributed by atoms with E-state index in [9.17, 15) is 19.5 Å². The molecule has 1 aromatic carbocycles. The zero-order valence-electron chi connectivity index (χ0n) is 11.4. The number of aliphatic carboxylic acids is 1. The SMILES string of the molecule is Cc1cc(C)c2c(c1)C(=O)C(=O)N2CC(C)(O)C(=O)O. The molecular weight excluding hydrogens is 262 g/mol. The molecule has 0 saturated heterocycles. The highest BCUT2D eigenvalue weighted by Crippen LogP contribution is 2.34. The molecule has 106 valence electrons. The van der Waals surface area contributed by atoms with Gasteiger partial charge in [0.15, 0.2) is 5.60 Å². The van der Waals surface area contributed by atoms with Crippen molar-refractivity contribution in [2.45, 2.75) is 26.4 Å². The second-order valence-electron chi connectivity index (χ2n) is 5.28. The van der Waals surface area contributed by atoms with Crippen molar-refractivity contribution in [3.63, 3.8) is 0 Å². The van der Waals surface area contributed by atoms with Gasteiger partial charge in [-0.3, -0.25) is 9.59 Å². The fraction of sp³-hybridized carbons (Fsp3) is 0.357. The summed E-state index contributed by atoms with van der Waals surface area (Å²) >= 11 is 0. The Bertz CT molecular complexity index is 633. The number of ketones is 1. The van der Waals surface area contributed by atoms with Crippen LogP contribution in [0.15, 0.2) is 12.1 Å². The number of carboxylic acid groups (broad SMARTS) is 1. The van der Waals surface area contributed by atoms with Gasteiger partial charge in [0.25, 0.3) is 11.7 Å². The van der Waals surface area contributed by atoms with E-state index in [1.807, 2.05) is 0 Å². The summed E-state index contributed by atoms with van der Waals surface area (Å²) in [5.74, 6) is -2.93. The summed E-state index contributed by atoms with van der Waals surface area (Å²) in [5.41, 5.74) is 0.0601. The maximum atomic E-state index is 12.0. The summed E-state index contributed by atoms with van der Waals surface area (Å²) < 4.78 is 0. The van der Waals surface area contributed by atoms with Gasteiger partial charge >= 0.3 is 5.97 Å². The van der Waals surface area contributed by atoms with Crippen LogP contribution >= 0.6 is 0 Å². The number of rotatable bonds is 3. The van der Waals surface area contributed by atoms with Crippen molar-refractivity contribution >= 4 is 23.3 Å². The monoisotopic (exact) mass is 277 g/mol. The molecule has 0 spiro atoms. The molecule has 2 rings (SSSR count). The molecule has 1 aromatic rings. The number of anilines is 1. The molecule has 1 unspecified atom stereocenters. The molecule has 1 heterocycles. The number of β-amino-alcohol motifs (C(OH)–C–C–N with tert-alkyl or cyclic N) is 1. The third kappa shape index (κ3) is 2.08. The number of carboxylic acids is 1. The van der Waals surface area contributed by atoms with Gasteiger partial charge in [-0.05, 0) is 38.0 Å². The van der Waals surface area contributed by atoms with Gasteiger partial charge in [0, 0.05) is 0 Å². The number of aryl methyl sites for hydroxylation is 2. The predicted molar refractivity (Wildman–Crippen MR) is 70.9 cm³/mol. The lowest BCUT2D eigenvalue weighted by atomic mass is 10.0. The number of hydrogen-bond acceptors (Lipinski definition) is 4. The summed E-state index contributed by atoms with van der Waals surface area (Å²) in [6.45, 7) is 4.17. The molecule has 6 nitrogen and oxygen atoms in total. The Labute approximate surface area is 115 Å². The van der Waals surface area contributed by atoms with Crippen LogP contribution in [-0.2, 0) is 9.59 Å². The van der Waals surface area contributed by atoms with Crippen LogP contribution in [0.1, 0.15) is 28.4 Å². The molecular formula is C14H15NO5. The molecule has 6 heteroatoms. The van der Waals surface area contributed by atoms with Crippen molar-refractivity contribution in [2.24, 2.45) is 0 Å². The first-order valence-corrected chi connectivity index (χ1v) is 6.08. The summed E-state index contributed by atoms with van der Waals surface area (Å²) in [7, 11) is 0. The summed E-state index contributed by atoms with van der Waals surface area (Å²) in [4.78, 5) is 36.0. The largest absolute Gasteiger partial charge is 0.479 e. The number of amides is 1. The van der Waals surface area contributed by atoms with E-state index in [2.05, 4.69) is 0 Å². The number of nitrogens with zero attached hydrogens (tertiary/aromatic N) is 1. The van der Waals surface area contributed by atoms with E-state index in [0.29, 0.717) is 11.3 Å². The summed E-state index contributed by atoms with van der Waals surface area (Å²) in [6, 6.07) is 3.39. The van der Waals surface area contributed by atoms with Gasteiger partial charge < -0.3 is 15.1 Å². The minimum atomic E-state index is -2.12. The lowest BCUT2D eigenvalue weighted by molar-refractivity contribution is -0.155. The van der Waals surface area contributed by atoms with E-state index in [1.54, 1.807) is 26.0 Å². The number of carbonyl (C=O) groups is 3. The number of Topliss-reactive ketones (excluding diaryl/α,β-unsaturated/α-hetero) is 1. The molecule has 0 aromatic heterocycles. The van der Waals surface area contributed by atoms with E-state index in [1.165, 1.54) is 0 Å². The first-order chi connectivity index (χ1) is 9.15. The number of benzene rings is 1. The molecule has 0 bridgehead atoms. The van der Waals surface area contributed by atoms with E-state index in [-0.39, 0.29) is 5.56 Å². The normalized spacial score (nSPS) is 17.1. The Morgan fingerprint density at radius 1 is 1.30 bits per heavy atom. The van der Waals surface area contributed by atoms with Crippen molar-refractivity contribution in [3.05, 3.63) is 28.8 Å². The van der Waals surface area contributed by atoms with Gasteiger partial charge in [0.2, 0.25) is 0 Å². The Morgan fingerprint density at radius 3 is 2.45 bits per heavy atom. The van der Waals surface area contributed by atoms with Crippen LogP contribution in [0.25, 0.3) is 0 Å². The fourth-order valence-corrected chi connectivity index (χ4v) is 2.36. The molecule has 1 amide bonds. The van der Waals surface area contributed by atoms with E-state index >= 15 is 0 Å². The number of fused-ring (bicyclic) bond motifs is 1. The van der Waals surface area contributed by atoms with Gasteiger partial charge in [-0.1, -0.05) is 6.07 Å². The lowest BCUT2D eigenvalue weighted by Gasteiger charge is -2.26. The zero-order valence-corrected chi connectivity index (χ0v) is 11.4. The van der Waals surface area contributed by atoms with E-state index in [0.717, 1.165) is 17.4 Å². The molecule has 2 N–H and O–H groups in total. The minimum Gasteiger partial charge on any atom is -0.479 e. The summed E-state index contributed by atoms with van der Waals surface area (Å²) in [5, 5.41) is 18.8. The number of hydrogen-bond donors (Lipinski definition) is 2. The number of aliphatic hydroxyl groups is 1. The average Bonchev–Trinajstić information content (AvgIpc) is 2.54. The van der Waals surface area contributed by atoms with Crippen LogP contribution in [0.5, 0.6) is 0 Å². The third-order valence-corrected chi connectivity index (χ3v) is 3.33. The van der Waals surface area contributed by atoms with Crippen LogP contribution in [-0.4, -0.2) is 40.0 Å². The number of carbonyl (C=O) groups excluding carboxylic acids is 2.